The minimum Gasteiger partial charge on any atom is -0.497 e. The summed E-state index contributed by atoms with van der Waals surface area (Å²) in [5.41, 5.74) is 2.24. The molecule has 0 aliphatic heterocycles. The smallest absolute Gasteiger partial charge is 0.309 e. The summed E-state index contributed by atoms with van der Waals surface area (Å²) in [6, 6.07) is 17.9. The fourth-order valence-electron chi connectivity index (χ4n) is 3.21. The van der Waals surface area contributed by atoms with Crippen LogP contribution in [0.4, 0.5) is 0 Å². The van der Waals surface area contributed by atoms with Gasteiger partial charge in [0.15, 0.2) is 0 Å². The van der Waals surface area contributed by atoms with Gasteiger partial charge in [0.1, 0.15) is 5.75 Å². The highest BCUT2D eigenvalue weighted by Crippen LogP contribution is 2.33. The van der Waals surface area contributed by atoms with E-state index < -0.39 is 11.4 Å². The van der Waals surface area contributed by atoms with Crippen molar-refractivity contribution in [3.63, 3.8) is 0 Å². The molecule has 29 heavy (non-hydrogen) atoms. The number of fused-ring (bicyclic) bond motifs is 1. The molecule has 5 heteroatoms. The van der Waals surface area contributed by atoms with Crippen LogP contribution < -0.4 is 9.47 Å². The third kappa shape index (κ3) is 5.05. The van der Waals surface area contributed by atoms with Crippen molar-refractivity contribution in [3.8, 4) is 22.8 Å². The zero-order valence-electron chi connectivity index (χ0n) is 17.1. The number of carboxylic acid groups (broad SMARTS) is 1. The molecular formula is C24H27NO4. The zero-order chi connectivity index (χ0) is 20.9. The Morgan fingerprint density at radius 3 is 2.62 bits per heavy atom. The Hall–Kier alpha value is -3.08. The van der Waals surface area contributed by atoms with Crippen LogP contribution in [0, 0.1) is 5.41 Å². The van der Waals surface area contributed by atoms with Gasteiger partial charge >= 0.3 is 5.97 Å². The predicted molar refractivity (Wildman–Crippen MR) is 114 cm³/mol. The van der Waals surface area contributed by atoms with Gasteiger partial charge in [0.25, 0.3) is 0 Å². The Labute approximate surface area is 171 Å². The van der Waals surface area contributed by atoms with Crippen LogP contribution in [0.2, 0.25) is 0 Å². The van der Waals surface area contributed by atoms with E-state index in [1.54, 1.807) is 21.0 Å². The Kier molecular flexibility index (Phi) is 6.37. The van der Waals surface area contributed by atoms with Crippen LogP contribution in [0.3, 0.4) is 0 Å². The monoisotopic (exact) mass is 393 g/mol. The molecule has 0 fully saturated rings. The lowest BCUT2D eigenvalue weighted by Crippen LogP contribution is -2.23. The number of rotatable bonds is 9. The van der Waals surface area contributed by atoms with Gasteiger partial charge in [-0.15, -0.1) is 0 Å². The maximum atomic E-state index is 11.2. The van der Waals surface area contributed by atoms with Crippen molar-refractivity contribution in [2.24, 2.45) is 5.41 Å². The summed E-state index contributed by atoms with van der Waals surface area (Å²) < 4.78 is 11.3. The Bertz CT molecular complexity index is 997. The molecule has 0 spiro atoms. The summed E-state index contributed by atoms with van der Waals surface area (Å²) in [4.78, 5) is 15.8. The third-order valence-electron chi connectivity index (χ3n) is 5.10. The van der Waals surface area contributed by atoms with E-state index >= 15 is 0 Å². The number of carbonyl (C=O) groups is 1. The molecule has 0 aliphatic rings. The molecule has 0 bridgehead atoms. The van der Waals surface area contributed by atoms with E-state index in [1.807, 2.05) is 48.5 Å². The highest BCUT2D eigenvalue weighted by molar-refractivity contribution is 5.95. The van der Waals surface area contributed by atoms with Crippen molar-refractivity contribution >= 4 is 16.9 Å². The lowest BCUT2D eigenvalue weighted by atomic mass is 9.87. The number of para-hydroxylation sites is 1. The summed E-state index contributed by atoms with van der Waals surface area (Å²) in [5, 5.41) is 10.3. The van der Waals surface area contributed by atoms with E-state index in [-0.39, 0.29) is 0 Å². The largest absolute Gasteiger partial charge is 0.497 e. The number of methoxy groups -OCH3 is 1. The molecule has 0 atom stereocenters. The van der Waals surface area contributed by atoms with Crippen LogP contribution in [0.25, 0.3) is 22.0 Å². The normalized spacial score (nSPS) is 11.4. The fourth-order valence-corrected chi connectivity index (χ4v) is 3.21. The lowest BCUT2D eigenvalue weighted by Gasteiger charge is -2.18. The first kappa shape index (κ1) is 20.6. The molecule has 3 rings (SSSR count). The average Bonchev–Trinajstić information content (AvgIpc) is 2.72. The average molecular weight is 393 g/mol. The molecule has 1 aromatic heterocycles. The summed E-state index contributed by atoms with van der Waals surface area (Å²) in [5.74, 6) is 0.600. The minimum absolute atomic E-state index is 0.499. The van der Waals surface area contributed by atoms with Crippen LogP contribution in [0.5, 0.6) is 11.6 Å². The van der Waals surface area contributed by atoms with Crippen molar-refractivity contribution < 1.29 is 19.4 Å². The lowest BCUT2D eigenvalue weighted by molar-refractivity contribution is -0.147. The van der Waals surface area contributed by atoms with Gasteiger partial charge in [0, 0.05) is 11.5 Å². The molecule has 0 amide bonds. The highest BCUT2D eigenvalue weighted by atomic mass is 16.5. The zero-order valence-corrected chi connectivity index (χ0v) is 17.1. The van der Waals surface area contributed by atoms with Gasteiger partial charge in [0.2, 0.25) is 5.88 Å². The van der Waals surface area contributed by atoms with Gasteiger partial charge in [-0.3, -0.25) is 4.79 Å². The first-order chi connectivity index (χ1) is 13.9. The van der Waals surface area contributed by atoms with Gasteiger partial charge in [-0.05, 0) is 62.4 Å². The number of unbranched alkanes of at least 4 members (excludes halogenated alkanes) is 1. The summed E-state index contributed by atoms with van der Waals surface area (Å²) in [6.45, 7) is 4.00. The number of nitrogens with zero attached hydrogens (tertiary/aromatic N) is 1. The molecular weight excluding hydrogens is 366 g/mol. The summed E-state index contributed by atoms with van der Waals surface area (Å²) in [7, 11) is 1.66. The second-order valence-electron chi connectivity index (χ2n) is 7.75. The molecule has 1 heterocycles. The summed E-state index contributed by atoms with van der Waals surface area (Å²) in [6.07, 6.45) is 2.18. The first-order valence-corrected chi connectivity index (χ1v) is 9.81. The first-order valence-electron chi connectivity index (χ1n) is 9.81. The van der Waals surface area contributed by atoms with Crippen molar-refractivity contribution in [1.29, 1.82) is 0 Å². The maximum Gasteiger partial charge on any atom is 0.309 e. The molecule has 1 N–H and O–H groups in total. The Balaban J connectivity index is 1.76. The number of benzene rings is 2. The topological polar surface area (TPSA) is 68.7 Å². The molecule has 3 aromatic rings. The van der Waals surface area contributed by atoms with Crippen molar-refractivity contribution in [2.45, 2.75) is 33.1 Å². The summed E-state index contributed by atoms with van der Waals surface area (Å²) >= 11 is 0. The number of carboxylic acids is 1. The second-order valence-corrected chi connectivity index (χ2v) is 7.75. The van der Waals surface area contributed by atoms with Crippen molar-refractivity contribution in [2.75, 3.05) is 13.7 Å². The van der Waals surface area contributed by atoms with Gasteiger partial charge in [0.05, 0.1) is 24.6 Å². The Morgan fingerprint density at radius 1 is 1.07 bits per heavy atom. The standard InChI is InChI=1S/C24H27NO4/c1-24(2,23(26)27)13-6-7-14-29-22-16-20(17-9-8-10-18(15-17)28-3)19-11-4-5-12-21(19)25-22/h4-5,8-12,15-16H,6-7,13-14H2,1-3H3,(H,26,27). The minimum atomic E-state index is -0.766. The van der Waals surface area contributed by atoms with Gasteiger partial charge < -0.3 is 14.6 Å². The number of hydrogen-bond donors (Lipinski definition) is 1. The quantitative estimate of drug-likeness (QED) is 0.481. The predicted octanol–water partition coefficient (Wildman–Crippen LogP) is 5.57. The van der Waals surface area contributed by atoms with Crippen LogP contribution >= 0.6 is 0 Å². The molecule has 152 valence electrons. The number of pyridine rings is 1. The number of aromatic nitrogens is 1. The van der Waals surface area contributed by atoms with Crippen molar-refractivity contribution in [3.05, 3.63) is 54.6 Å². The van der Waals surface area contributed by atoms with E-state index in [2.05, 4.69) is 11.1 Å². The highest BCUT2D eigenvalue weighted by Gasteiger charge is 2.26. The van der Waals surface area contributed by atoms with E-state index in [4.69, 9.17) is 9.47 Å². The molecule has 0 saturated carbocycles. The van der Waals surface area contributed by atoms with Crippen molar-refractivity contribution in [1.82, 2.24) is 4.98 Å². The molecule has 2 aromatic carbocycles. The van der Waals surface area contributed by atoms with Gasteiger partial charge in [-0.1, -0.05) is 30.3 Å². The number of aliphatic carboxylic acids is 1. The van der Waals surface area contributed by atoms with Crippen LogP contribution in [0.1, 0.15) is 33.1 Å². The fraction of sp³-hybridized carbons (Fsp3) is 0.333. The number of ether oxygens (including phenoxy) is 2. The SMILES string of the molecule is COc1cccc(-c2cc(OCCCCC(C)(C)C(=O)O)nc3ccccc23)c1. The molecule has 5 nitrogen and oxygen atoms in total. The second kappa shape index (κ2) is 8.95. The molecule has 0 saturated heterocycles. The molecule has 0 aliphatic carbocycles. The maximum absolute atomic E-state index is 11.2. The molecule has 0 radical (unpaired) electrons. The van der Waals surface area contributed by atoms with Gasteiger partial charge in [-0.2, -0.15) is 0 Å². The van der Waals surface area contributed by atoms with E-state index in [0.717, 1.165) is 40.6 Å². The van der Waals surface area contributed by atoms with E-state index in [1.165, 1.54) is 0 Å². The third-order valence-corrected chi connectivity index (χ3v) is 5.10. The number of hydrogen-bond acceptors (Lipinski definition) is 4. The van der Waals surface area contributed by atoms with Crippen LogP contribution in [0.15, 0.2) is 54.6 Å². The Morgan fingerprint density at radius 2 is 1.86 bits per heavy atom. The van der Waals surface area contributed by atoms with Crippen LogP contribution in [-0.4, -0.2) is 29.8 Å². The van der Waals surface area contributed by atoms with E-state index in [9.17, 15) is 9.90 Å². The van der Waals surface area contributed by atoms with E-state index in [0.29, 0.717) is 18.9 Å². The van der Waals surface area contributed by atoms with Crippen LogP contribution in [-0.2, 0) is 4.79 Å². The molecule has 0 unspecified atom stereocenters. The van der Waals surface area contributed by atoms with Gasteiger partial charge in [-0.25, -0.2) is 4.98 Å².